The van der Waals surface area contributed by atoms with Crippen LogP contribution in [-0.2, 0) is 6.42 Å². The third-order valence-electron chi connectivity index (χ3n) is 5.86. The average molecular weight is 460 g/mol. The fraction of sp³-hybridized carbons (Fsp3) is 0.320. The van der Waals surface area contributed by atoms with Crippen LogP contribution in [0.4, 0.5) is 0 Å². The van der Waals surface area contributed by atoms with Gasteiger partial charge in [-0.3, -0.25) is 14.8 Å². The number of nitrogens with zero attached hydrogens (tertiary/aromatic N) is 5. The summed E-state index contributed by atoms with van der Waals surface area (Å²) >= 11 is 1.53. The van der Waals surface area contributed by atoms with Crippen LogP contribution in [0.2, 0.25) is 0 Å². The molecular weight excluding hydrogens is 434 g/mol. The number of pyridine rings is 2. The minimum absolute atomic E-state index is 0.0135. The molecule has 4 aromatic rings. The molecule has 0 aliphatic carbocycles. The lowest BCUT2D eigenvalue weighted by atomic mass is 10.0. The number of ether oxygens (including phenoxy) is 1. The second kappa shape index (κ2) is 9.33. The van der Waals surface area contributed by atoms with Crippen molar-refractivity contribution in [2.24, 2.45) is 0 Å². The molecule has 5 rings (SSSR count). The molecule has 0 amide bonds. The van der Waals surface area contributed by atoms with Crippen molar-refractivity contribution in [2.75, 3.05) is 20.1 Å². The highest BCUT2D eigenvalue weighted by Crippen LogP contribution is 2.26. The van der Waals surface area contributed by atoms with Crippen molar-refractivity contribution < 1.29 is 9.53 Å². The molecule has 8 heteroatoms. The lowest BCUT2D eigenvalue weighted by molar-refractivity contribution is 0.0988. The van der Waals surface area contributed by atoms with Crippen LogP contribution in [0.5, 0.6) is 5.75 Å². The van der Waals surface area contributed by atoms with E-state index in [0.29, 0.717) is 11.3 Å². The van der Waals surface area contributed by atoms with E-state index >= 15 is 0 Å². The van der Waals surface area contributed by atoms with Gasteiger partial charge in [-0.15, -0.1) is 10.2 Å². The third kappa shape index (κ3) is 5.07. The van der Waals surface area contributed by atoms with E-state index in [4.69, 9.17) is 4.74 Å². The highest BCUT2D eigenvalue weighted by atomic mass is 32.1. The van der Waals surface area contributed by atoms with E-state index in [9.17, 15) is 4.79 Å². The molecule has 33 heavy (non-hydrogen) atoms. The second-order valence-electron chi connectivity index (χ2n) is 8.47. The highest BCUT2D eigenvalue weighted by molar-refractivity contribution is 7.14. The summed E-state index contributed by atoms with van der Waals surface area (Å²) in [6.07, 6.45) is 5.92. The molecule has 1 saturated heterocycles. The van der Waals surface area contributed by atoms with Crippen molar-refractivity contribution in [3.8, 4) is 16.3 Å². The zero-order valence-electron chi connectivity index (χ0n) is 18.7. The molecule has 4 heterocycles. The number of benzene rings is 1. The maximum absolute atomic E-state index is 13.0. The minimum atomic E-state index is 0.0135. The van der Waals surface area contributed by atoms with Crippen molar-refractivity contribution in [2.45, 2.75) is 32.3 Å². The van der Waals surface area contributed by atoms with Crippen molar-refractivity contribution in [1.82, 2.24) is 25.1 Å². The van der Waals surface area contributed by atoms with Gasteiger partial charge in [-0.2, -0.15) is 0 Å². The Balaban J connectivity index is 1.31. The second-order valence-corrected chi connectivity index (χ2v) is 9.65. The highest BCUT2D eigenvalue weighted by Gasteiger charge is 2.18. The molecule has 0 saturated carbocycles. The monoisotopic (exact) mass is 459 g/mol. The van der Waals surface area contributed by atoms with E-state index in [1.807, 2.05) is 43.3 Å². The predicted molar refractivity (Wildman–Crippen MR) is 129 cm³/mol. The van der Waals surface area contributed by atoms with Crippen LogP contribution in [0.25, 0.3) is 21.5 Å². The van der Waals surface area contributed by atoms with E-state index in [-0.39, 0.29) is 18.3 Å². The Morgan fingerprint density at radius 1 is 1.12 bits per heavy atom. The molecule has 0 radical (unpaired) electrons. The predicted octanol–water partition coefficient (Wildman–Crippen LogP) is 4.36. The van der Waals surface area contributed by atoms with Gasteiger partial charge in [0, 0.05) is 41.5 Å². The maximum Gasteiger partial charge on any atom is 0.168 e. The molecule has 0 bridgehead atoms. The summed E-state index contributed by atoms with van der Waals surface area (Å²) in [5, 5.41) is 11.0. The Morgan fingerprint density at radius 3 is 2.76 bits per heavy atom. The van der Waals surface area contributed by atoms with Crippen LogP contribution in [0.15, 0.2) is 48.8 Å². The Bertz CT molecular complexity index is 1300. The molecule has 3 aromatic heterocycles. The number of carbonyl (C=O) groups excluding carboxylic acids is 1. The Morgan fingerprint density at radius 2 is 1.97 bits per heavy atom. The first kappa shape index (κ1) is 21.6. The summed E-state index contributed by atoms with van der Waals surface area (Å²) in [5.74, 6) is 0.766. The Kier molecular flexibility index (Phi) is 6.11. The Hall–Kier alpha value is -3.23. The molecule has 1 fully saturated rings. The van der Waals surface area contributed by atoms with Crippen LogP contribution in [0.3, 0.4) is 0 Å². The molecule has 0 spiro atoms. The van der Waals surface area contributed by atoms with E-state index < -0.39 is 0 Å². The maximum atomic E-state index is 13.0. The number of hydrogen-bond donors (Lipinski definition) is 0. The van der Waals surface area contributed by atoms with Crippen LogP contribution in [-0.4, -0.2) is 57.1 Å². The molecule has 1 aliphatic heterocycles. The van der Waals surface area contributed by atoms with Crippen molar-refractivity contribution in [3.05, 3.63) is 65.1 Å². The Labute approximate surface area is 196 Å². The summed E-state index contributed by atoms with van der Waals surface area (Å²) in [4.78, 5) is 24.2. The number of rotatable bonds is 6. The topological polar surface area (TPSA) is 81.1 Å². The van der Waals surface area contributed by atoms with Crippen LogP contribution in [0.1, 0.15) is 33.9 Å². The van der Waals surface area contributed by atoms with Crippen molar-refractivity contribution in [3.63, 3.8) is 0 Å². The van der Waals surface area contributed by atoms with Crippen molar-refractivity contribution in [1.29, 1.82) is 0 Å². The SMILES string of the molecule is Cc1nnc(-c2cnc3cnc(CC(=O)c4cccc(OC5CCN(C)CC5)c4)cc3c2)s1. The average Bonchev–Trinajstić information content (AvgIpc) is 3.26. The zero-order chi connectivity index (χ0) is 22.8. The van der Waals surface area contributed by atoms with Gasteiger partial charge < -0.3 is 9.64 Å². The molecule has 0 unspecified atom stereocenters. The number of aryl methyl sites for hydroxylation is 1. The van der Waals surface area contributed by atoms with Gasteiger partial charge in [-0.05, 0) is 51.1 Å². The summed E-state index contributed by atoms with van der Waals surface area (Å²) in [6.45, 7) is 4.00. The van der Waals surface area contributed by atoms with Gasteiger partial charge in [0.25, 0.3) is 0 Å². The number of hydrogen-bond acceptors (Lipinski definition) is 8. The largest absolute Gasteiger partial charge is 0.490 e. The number of likely N-dealkylation sites (tertiary alicyclic amines) is 1. The van der Waals surface area contributed by atoms with Crippen LogP contribution >= 0.6 is 11.3 Å². The van der Waals surface area contributed by atoms with Crippen LogP contribution < -0.4 is 4.74 Å². The molecule has 7 nitrogen and oxygen atoms in total. The third-order valence-corrected chi connectivity index (χ3v) is 6.75. The molecule has 0 N–H and O–H groups in total. The van der Waals surface area contributed by atoms with E-state index in [1.165, 1.54) is 11.3 Å². The normalized spacial score (nSPS) is 15.1. The molecular formula is C25H25N5O2S. The van der Waals surface area contributed by atoms with Gasteiger partial charge in [0.1, 0.15) is 21.9 Å². The minimum Gasteiger partial charge on any atom is -0.490 e. The standard InChI is InChI=1S/C25H25N5O2S/c1-16-28-29-25(33-16)19-10-18-11-20(26-15-23(18)27-14-19)13-24(31)17-4-3-5-22(12-17)32-21-6-8-30(2)9-7-21/h3-5,10-12,14-15,21H,6-9,13H2,1-2H3. The fourth-order valence-electron chi connectivity index (χ4n) is 4.01. The summed E-state index contributed by atoms with van der Waals surface area (Å²) < 4.78 is 6.15. The number of Topliss-reactive ketones (excluding diaryl/α,β-unsaturated/α-hetero) is 1. The number of piperidine rings is 1. The van der Waals surface area contributed by atoms with E-state index in [1.54, 1.807) is 12.4 Å². The first-order chi connectivity index (χ1) is 16.0. The van der Waals surface area contributed by atoms with E-state index in [2.05, 4.69) is 32.1 Å². The van der Waals surface area contributed by atoms with Gasteiger partial charge >= 0.3 is 0 Å². The summed E-state index contributed by atoms with van der Waals surface area (Å²) in [7, 11) is 2.13. The first-order valence-electron chi connectivity index (χ1n) is 11.1. The van der Waals surface area contributed by atoms with Crippen LogP contribution in [0, 0.1) is 6.92 Å². The molecule has 1 aromatic carbocycles. The van der Waals surface area contributed by atoms with Gasteiger partial charge in [0.15, 0.2) is 5.78 Å². The number of carbonyl (C=O) groups is 1. The quantitative estimate of drug-likeness (QED) is 0.396. The fourth-order valence-corrected chi connectivity index (χ4v) is 4.68. The van der Waals surface area contributed by atoms with Crippen molar-refractivity contribution >= 4 is 28.0 Å². The van der Waals surface area contributed by atoms with Gasteiger partial charge in [-0.1, -0.05) is 23.5 Å². The lowest BCUT2D eigenvalue weighted by Gasteiger charge is -2.29. The molecule has 168 valence electrons. The number of aromatic nitrogens is 4. The summed E-state index contributed by atoms with van der Waals surface area (Å²) in [6, 6.07) is 11.4. The van der Waals surface area contributed by atoms with Gasteiger partial charge in [-0.25, -0.2) is 0 Å². The van der Waals surface area contributed by atoms with Gasteiger partial charge in [0.05, 0.1) is 18.1 Å². The molecule has 1 aliphatic rings. The zero-order valence-corrected chi connectivity index (χ0v) is 19.5. The first-order valence-corrected chi connectivity index (χ1v) is 11.9. The number of ketones is 1. The van der Waals surface area contributed by atoms with Gasteiger partial charge in [0.2, 0.25) is 0 Å². The van der Waals surface area contributed by atoms with E-state index in [0.717, 1.165) is 58.2 Å². The molecule has 0 atom stereocenters. The number of fused-ring (bicyclic) bond motifs is 1. The summed E-state index contributed by atoms with van der Waals surface area (Å²) in [5.41, 5.74) is 3.04. The smallest absolute Gasteiger partial charge is 0.168 e. The lowest BCUT2D eigenvalue weighted by Crippen LogP contribution is -2.35.